The van der Waals surface area contributed by atoms with Gasteiger partial charge in [0.2, 0.25) is 0 Å². The summed E-state index contributed by atoms with van der Waals surface area (Å²) in [6.45, 7) is 3.90. The van der Waals surface area contributed by atoms with Crippen LogP contribution in [-0.2, 0) is 4.79 Å². The average molecular weight is 382 g/mol. The highest BCUT2D eigenvalue weighted by molar-refractivity contribution is 6.09. The first-order chi connectivity index (χ1) is 14.1. The SMILES string of the molecule is Cc1ccccc1NC(=O)C(C#N)=Cc1ccc(OC(C)c2ccccc2)cc1. The maximum absolute atomic E-state index is 12.4. The number of rotatable bonds is 6. The largest absolute Gasteiger partial charge is 0.486 e. The molecule has 3 aromatic carbocycles. The summed E-state index contributed by atoms with van der Waals surface area (Å²) in [7, 11) is 0. The number of nitriles is 1. The summed E-state index contributed by atoms with van der Waals surface area (Å²) in [6.07, 6.45) is 1.49. The molecule has 0 aromatic heterocycles. The van der Waals surface area contributed by atoms with Crippen molar-refractivity contribution in [2.75, 3.05) is 5.32 Å². The molecule has 0 fully saturated rings. The minimum absolute atomic E-state index is 0.0413. The third-order valence-electron chi connectivity index (χ3n) is 4.53. The van der Waals surface area contributed by atoms with Gasteiger partial charge in [-0.15, -0.1) is 0 Å². The Morgan fingerprint density at radius 3 is 2.31 bits per heavy atom. The number of anilines is 1. The quantitative estimate of drug-likeness (QED) is 0.441. The van der Waals surface area contributed by atoms with E-state index in [1.54, 1.807) is 6.08 Å². The number of hydrogen-bond acceptors (Lipinski definition) is 3. The van der Waals surface area contributed by atoms with E-state index in [0.717, 1.165) is 22.4 Å². The zero-order valence-electron chi connectivity index (χ0n) is 16.4. The van der Waals surface area contributed by atoms with E-state index in [1.807, 2.05) is 98.8 Å². The van der Waals surface area contributed by atoms with Gasteiger partial charge in [0.1, 0.15) is 23.5 Å². The van der Waals surface area contributed by atoms with Crippen LogP contribution in [0.3, 0.4) is 0 Å². The van der Waals surface area contributed by atoms with E-state index in [2.05, 4.69) is 5.32 Å². The summed E-state index contributed by atoms with van der Waals surface area (Å²) in [5.74, 6) is 0.293. The fourth-order valence-corrected chi connectivity index (χ4v) is 2.86. The Bertz CT molecular complexity index is 1050. The van der Waals surface area contributed by atoms with Crippen LogP contribution < -0.4 is 10.1 Å². The van der Waals surface area contributed by atoms with Crippen LogP contribution >= 0.6 is 0 Å². The van der Waals surface area contributed by atoms with Crippen LogP contribution in [0.25, 0.3) is 6.08 Å². The minimum Gasteiger partial charge on any atom is -0.486 e. The first-order valence-electron chi connectivity index (χ1n) is 9.37. The summed E-state index contributed by atoms with van der Waals surface area (Å²) in [5.41, 5.74) is 3.52. The molecule has 1 unspecified atom stereocenters. The molecule has 1 atom stereocenters. The number of aryl methyl sites for hydroxylation is 1. The van der Waals surface area contributed by atoms with E-state index in [-0.39, 0.29) is 11.7 Å². The number of nitrogens with zero attached hydrogens (tertiary/aromatic N) is 1. The monoisotopic (exact) mass is 382 g/mol. The van der Waals surface area contributed by atoms with Crippen molar-refractivity contribution < 1.29 is 9.53 Å². The van der Waals surface area contributed by atoms with E-state index in [9.17, 15) is 10.1 Å². The van der Waals surface area contributed by atoms with Crippen LogP contribution in [0, 0.1) is 18.3 Å². The highest BCUT2D eigenvalue weighted by Gasteiger charge is 2.11. The Morgan fingerprint density at radius 2 is 1.66 bits per heavy atom. The normalized spacial score (nSPS) is 12.0. The molecule has 4 nitrogen and oxygen atoms in total. The van der Waals surface area contributed by atoms with Gasteiger partial charge in [0.25, 0.3) is 5.91 Å². The fourth-order valence-electron chi connectivity index (χ4n) is 2.86. The summed E-state index contributed by atoms with van der Waals surface area (Å²) < 4.78 is 5.96. The number of ether oxygens (including phenoxy) is 1. The topological polar surface area (TPSA) is 62.1 Å². The third-order valence-corrected chi connectivity index (χ3v) is 4.53. The molecule has 1 N–H and O–H groups in total. The van der Waals surface area contributed by atoms with E-state index in [4.69, 9.17) is 4.74 Å². The first kappa shape index (κ1) is 19.9. The summed E-state index contributed by atoms with van der Waals surface area (Å²) >= 11 is 0. The van der Waals surface area contributed by atoms with Crippen molar-refractivity contribution in [2.45, 2.75) is 20.0 Å². The highest BCUT2D eigenvalue weighted by Crippen LogP contribution is 2.23. The number of carbonyl (C=O) groups is 1. The van der Waals surface area contributed by atoms with Crippen molar-refractivity contribution in [3.8, 4) is 11.8 Å². The predicted octanol–water partition coefficient (Wildman–Crippen LogP) is 5.68. The highest BCUT2D eigenvalue weighted by atomic mass is 16.5. The lowest BCUT2D eigenvalue weighted by molar-refractivity contribution is -0.112. The lowest BCUT2D eigenvalue weighted by atomic mass is 10.1. The van der Waals surface area contributed by atoms with Crippen LogP contribution in [0.1, 0.15) is 29.7 Å². The molecule has 0 saturated carbocycles. The molecule has 144 valence electrons. The maximum atomic E-state index is 12.4. The molecule has 0 spiro atoms. The second-order valence-electron chi connectivity index (χ2n) is 6.68. The first-order valence-corrected chi connectivity index (χ1v) is 9.37. The van der Waals surface area contributed by atoms with E-state index in [1.165, 1.54) is 0 Å². The Balaban J connectivity index is 1.69. The minimum atomic E-state index is -0.431. The molecule has 0 saturated heterocycles. The maximum Gasteiger partial charge on any atom is 0.266 e. The summed E-state index contributed by atoms with van der Waals surface area (Å²) in [5, 5.41) is 12.2. The molecule has 3 rings (SSSR count). The lowest BCUT2D eigenvalue weighted by Gasteiger charge is -2.15. The molecule has 0 aliphatic rings. The van der Waals surface area contributed by atoms with Crippen molar-refractivity contribution in [1.82, 2.24) is 0 Å². The molecular weight excluding hydrogens is 360 g/mol. The zero-order chi connectivity index (χ0) is 20.6. The molecular formula is C25H22N2O2. The van der Waals surface area contributed by atoms with Gasteiger partial charge in [-0.3, -0.25) is 4.79 Å². The van der Waals surface area contributed by atoms with Gasteiger partial charge in [0.05, 0.1) is 0 Å². The Labute approximate surface area is 171 Å². The van der Waals surface area contributed by atoms with Gasteiger partial charge in [0.15, 0.2) is 0 Å². The molecule has 0 aliphatic heterocycles. The molecule has 4 heteroatoms. The Kier molecular flexibility index (Phi) is 6.44. The lowest BCUT2D eigenvalue weighted by Crippen LogP contribution is -2.14. The van der Waals surface area contributed by atoms with E-state index >= 15 is 0 Å². The van der Waals surface area contributed by atoms with Gasteiger partial charge in [-0.2, -0.15) is 5.26 Å². The van der Waals surface area contributed by atoms with Gasteiger partial charge in [-0.1, -0.05) is 60.7 Å². The predicted molar refractivity (Wildman–Crippen MR) is 115 cm³/mol. The second kappa shape index (κ2) is 9.38. The van der Waals surface area contributed by atoms with Gasteiger partial charge in [-0.05, 0) is 54.8 Å². The van der Waals surface area contributed by atoms with Crippen LogP contribution in [0.4, 0.5) is 5.69 Å². The molecule has 29 heavy (non-hydrogen) atoms. The summed E-state index contributed by atoms with van der Waals surface area (Å²) in [6, 6.07) is 26.7. The van der Waals surface area contributed by atoms with Crippen molar-refractivity contribution >= 4 is 17.7 Å². The standard InChI is InChI=1S/C25H22N2O2/c1-18-8-6-7-11-24(18)27-25(28)22(17-26)16-20-12-14-23(15-13-20)29-19(2)21-9-4-3-5-10-21/h3-16,19H,1-2H3,(H,27,28). The number of hydrogen-bond donors (Lipinski definition) is 1. The fraction of sp³-hybridized carbons (Fsp3) is 0.120. The molecule has 3 aromatic rings. The van der Waals surface area contributed by atoms with E-state index in [0.29, 0.717) is 5.69 Å². The van der Waals surface area contributed by atoms with Gasteiger partial charge >= 0.3 is 0 Å². The van der Waals surface area contributed by atoms with Crippen molar-refractivity contribution in [3.05, 3.63) is 101 Å². The number of benzene rings is 3. The van der Waals surface area contributed by atoms with Gasteiger partial charge in [0, 0.05) is 5.69 Å². The second-order valence-corrected chi connectivity index (χ2v) is 6.68. The Morgan fingerprint density at radius 1 is 1.00 bits per heavy atom. The molecule has 0 aliphatic carbocycles. The Hall–Kier alpha value is -3.84. The molecule has 1 amide bonds. The molecule has 0 bridgehead atoms. The zero-order valence-corrected chi connectivity index (χ0v) is 16.4. The smallest absolute Gasteiger partial charge is 0.266 e. The van der Waals surface area contributed by atoms with Crippen molar-refractivity contribution in [2.24, 2.45) is 0 Å². The van der Waals surface area contributed by atoms with Crippen LogP contribution in [0.15, 0.2) is 84.4 Å². The van der Waals surface area contributed by atoms with Crippen LogP contribution in [0.2, 0.25) is 0 Å². The van der Waals surface area contributed by atoms with E-state index < -0.39 is 5.91 Å². The third kappa shape index (κ3) is 5.33. The summed E-state index contributed by atoms with van der Waals surface area (Å²) in [4.78, 5) is 12.4. The van der Waals surface area contributed by atoms with Crippen LogP contribution in [0.5, 0.6) is 5.75 Å². The van der Waals surface area contributed by atoms with Gasteiger partial charge < -0.3 is 10.1 Å². The molecule has 0 radical (unpaired) electrons. The van der Waals surface area contributed by atoms with Crippen molar-refractivity contribution in [1.29, 1.82) is 5.26 Å². The van der Waals surface area contributed by atoms with Crippen molar-refractivity contribution in [3.63, 3.8) is 0 Å². The number of amides is 1. The number of nitrogens with one attached hydrogen (secondary N) is 1. The average Bonchev–Trinajstić information content (AvgIpc) is 2.75. The van der Waals surface area contributed by atoms with Gasteiger partial charge in [-0.25, -0.2) is 0 Å². The molecule has 0 heterocycles. The number of para-hydroxylation sites is 1. The van der Waals surface area contributed by atoms with Crippen LogP contribution in [-0.4, -0.2) is 5.91 Å². The number of carbonyl (C=O) groups excluding carboxylic acids is 1.